The highest BCUT2D eigenvalue weighted by atomic mass is 32.2. The van der Waals surface area contributed by atoms with Crippen molar-refractivity contribution in [1.82, 2.24) is 24.1 Å². The van der Waals surface area contributed by atoms with Gasteiger partial charge >= 0.3 is 0 Å². The maximum Gasteiger partial charge on any atom is 0.279 e. The molecule has 0 aromatic carbocycles. The highest BCUT2D eigenvalue weighted by molar-refractivity contribution is 7.87. The highest BCUT2D eigenvalue weighted by Crippen LogP contribution is 1.96. The Kier molecular flexibility index (Phi) is 8.51. The van der Waals surface area contributed by atoms with E-state index < -0.39 is 10.2 Å². The van der Waals surface area contributed by atoms with Gasteiger partial charge in [0.1, 0.15) is 0 Å². The quantitative estimate of drug-likeness (QED) is 0.548. The molecule has 0 aliphatic rings. The van der Waals surface area contributed by atoms with Gasteiger partial charge in [0.15, 0.2) is 0 Å². The van der Waals surface area contributed by atoms with Gasteiger partial charge in [-0.15, -0.1) is 0 Å². The SMILES string of the molecule is CCCNCCCN(C)S(=O)(=O)NCCCn1cccn1. The van der Waals surface area contributed by atoms with Crippen molar-refractivity contribution in [2.45, 2.75) is 32.7 Å². The molecule has 0 bridgehead atoms. The van der Waals surface area contributed by atoms with Gasteiger partial charge in [-0.2, -0.15) is 17.8 Å². The standard InChI is InChI=1S/C13H27N5O2S/c1-3-7-14-8-4-11-17(2)21(19,20)16-10-6-13-18-12-5-9-15-18/h5,9,12,14,16H,3-4,6-8,10-11,13H2,1-2H3. The molecule has 1 heterocycles. The lowest BCUT2D eigenvalue weighted by Gasteiger charge is -2.17. The van der Waals surface area contributed by atoms with Gasteiger partial charge in [0.2, 0.25) is 0 Å². The van der Waals surface area contributed by atoms with Crippen LogP contribution in [0.1, 0.15) is 26.2 Å². The van der Waals surface area contributed by atoms with Crippen LogP contribution in [0.15, 0.2) is 18.5 Å². The summed E-state index contributed by atoms with van der Waals surface area (Å²) in [5, 5.41) is 7.33. The zero-order valence-electron chi connectivity index (χ0n) is 13.0. The van der Waals surface area contributed by atoms with Crippen molar-refractivity contribution in [1.29, 1.82) is 0 Å². The summed E-state index contributed by atoms with van der Waals surface area (Å²) >= 11 is 0. The smallest absolute Gasteiger partial charge is 0.279 e. The number of aryl methyl sites for hydroxylation is 1. The maximum atomic E-state index is 12.0. The molecule has 0 saturated heterocycles. The van der Waals surface area contributed by atoms with Gasteiger partial charge in [0, 0.05) is 39.1 Å². The van der Waals surface area contributed by atoms with Crippen LogP contribution in [0, 0.1) is 0 Å². The molecule has 0 fully saturated rings. The Morgan fingerprint density at radius 2 is 2.05 bits per heavy atom. The van der Waals surface area contributed by atoms with Crippen LogP contribution >= 0.6 is 0 Å². The van der Waals surface area contributed by atoms with Gasteiger partial charge < -0.3 is 5.32 Å². The molecular formula is C13H27N5O2S. The Morgan fingerprint density at radius 1 is 1.24 bits per heavy atom. The van der Waals surface area contributed by atoms with Crippen LogP contribution in [0.4, 0.5) is 0 Å². The zero-order chi connectivity index (χ0) is 15.6. The van der Waals surface area contributed by atoms with Crippen molar-refractivity contribution >= 4 is 10.2 Å². The molecule has 122 valence electrons. The van der Waals surface area contributed by atoms with Crippen LogP contribution < -0.4 is 10.0 Å². The van der Waals surface area contributed by atoms with Crippen LogP contribution in [0.25, 0.3) is 0 Å². The fourth-order valence-electron chi connectivity index (χ4n) is 1.83. The van der Waals surface area contributed by atoms with Gasteiger partial charge in [-0.25, -0.2) is 4.72 Å². The van der Waals surface area contributed by atoms with Crippen LogP contribution in [0.2, 0.25) is 0 Å². The predicted molar refractivity (Wildman–Crippen MR) is 84.2 cm³/mol. The molecule has 0 saturated carbocycles. The molecule has 1 rings (SSSR count). The number of hydrogen-bond acceptors (Lipinski definition) is 4. The van der Waals surface area contributed by atoms with Crippen LogP contribution in [0.3, 0.4) is 0 Å². The Morgan fingerprint density at radius 3 is 2.71 bits per heavy atom. The average Bonchev–Trinajstić information content (AvgIpc) is 2.96. The summed E-state index contributed by atoms with van der Waals surface area (Å²) in [7, 11) is -1.76. The lowest BCUT2D eigenvalue weighted by molar-refractivity contribution is 0.442. The Balaban J connectivity index is 2.15. The van der Waals surface area contributed by atoms with Crippen LogP contribution in [-0.2, 0) is 16.8 Å². The Labute approximate surface area is 127 Å². The maximum absolute atomic E-state index is 12.0. The normalized spacial score (nSPS) is 12.1. The van der Waals surface area contributed by atoms with Crippen molar-refractivity contribution in [3.8, 4) is 0 Å². The van der Waals surface area contributed by atoms with Crippen molar-refractivity contribution in [2.24, 2.45) is 0 Å². The Bertz CT molecular complexity index is 461. The van der Waals surface area contributed by atoms with E-state index in [1.807, 2.05) is 12.3 Å². The van der Waals surface area contributed by atoms with Gasteiger partial charge in [0.05, 0.1) is 0 Å². The van der Waals surface area contributed by atoms with Gasteiger partial charge in [-0.05, 0) is 38.4 Å². The van der Waals surface area contributed by atoms with E-state index in [2.05, 4.69) is 22.1 Å². The summed E-state index contributed by atoms with van der Waals surface area (Å²) in [6.07, 6.45) is 6.19. The van der Waals surface area contributed by atoms with Crippen LogP contribution in [0.5, 0.6) is 0 Å². The second kappa shape index (κ2) is 9.88. The molecule has 2 N–H and O–H groups in total. The van der Waals surface area contributed by atoms with Crippen molar-refractivity contribution in [3.63, 3.8) is 0 Å². The lowest BCUT2D eigenvalue weighted by Crippen LogP contribution is -2.40. The molecule has 0 radical (unpaired) electrons. The van der Waals surface area contributed by atoms with E-state index in [1.165, 1.54) is 4.31 Å². The number of nitrogens with one attached hydrogen (secondary N) is 2. The first-order valence-corrected chi connectivity index (χ1v) is 8.89. The van der Waals surface area contributed by atoms with E-state index in [0.29, 0.717) is 26.1 Å². The summed E-state index contributed by atoms with van der Waals surface area (Å²) < 4.78 is 29.7. The largest absolute Gasteiger partial charge is 0.317 e. The molecule has 1 aromatic heterocycles. The number of hydrogen-bond donors (Lipinski definition) is 2. The monoisotopic (exact) mass is 317 g/mol. The van der Waals surface area contributed by atoms with Crippen LogP contribution in [-0.4, -0.2) is 55.7 Å². The third-order valence-electron chi connectivity index (χ3n) is 3.07. The van der Waals surface area contributed by atoms with Gasteiger partial charge in [0.25, 0.3) is 10.2 Å². The topological polar surface area (TPSA) is 79.3 Å². The fraction of sp³-hybridized carbons (Fsp3) is 0.769. The molecule has 0 aliphatic heterocycles. The van der Waals surface area contributed by atoms with E-state index in [-0.39, 0.29) is 0 Å². The zero-order valence-corrected chi connectivity index (χ0v) is 13.8. The van der Waals surface area contributed by atoms with E-state index in [1.54, 1.807) is 17.9 Å². The fourth-order valence-corrected chi connectivity index (χ4v) is 2.83. The predicted octanol–water partition coefficient (Wildman–Crippen LogP) is 0.429. The number of rotatable bonds is 12. The molecule has 7 nitrogen and oxygen atoms in total. The molecule has 1 aromatic rings. The minimum Gasteiger partial charge on any atom is -0.317 e. The second-order valence-corrected chi connectivity index (χ2v) is 6.81. The molecular weight excluding hydrogens is 290 g/mol. The molecule has 0 atom stereocenters. The third kappa shape index (κ3) is 7.56. The van der Waals surface area contributed by atoms with Crippen molar-refractivity contribution < 1.29 is 8.42 Å². The summed E-state index contributed by atoms with van der Waals surface area (Å²) in [5.41, 5.74) is 0. The molecule has 0 aliphatic carbocycles. The summed E-state index contributed by atoms with van der Waals surface area (Å²) in [4.78, 5) is 0. The summed E-state index contributed by atoms with van der Waals surface area (Å²) in [6, 6.07) is 1.85. The van der Waals surface area contributed by atoms with E-state index >= 15 is 0 Å². The van der Waals surface area contributed by atoms with E-state index in [9.17, 15) is 8.42 Å². The van der Waals surface area contributed by atoms with Gasteiger partial charge in [-0.1, -0.05) is 6.92 Å². The first kappa shape index (κ1) is 18.1. The first-order valence-electron chi connectivity index (χ1n) is 7.45. The molecule has 0 unspecified atom stereocenters. The third-order valence-corrected chi connectivity index (χ3v) is 4.64. The van der Waals surface area contributed by atoms with Crippen molar-refractivity contribution in [2.75, 3.05) is 33.2 Å². The number of nitrogens with zero attached hydrogens (tertiary/aromatic N) is 3. The van der Waals surface area contributed by atoms with Crippen molar-refractivity contribution in [3.05, 3.63) is 18.5 Å². The molecule has 0 amide bonds. The minimum absolute atomic E-state index is 0.417. The minimum atomic E-state index is -3.37. The number of aromatic nitrogens is 2. The van der Waals surface area contributed by atoms with Gasteiger partial charge in [-0.3, -0.25) is 4.68 Å². The second-order valence-electron chi connectivity index (χ2n) is 4.95. The molecule has 21 heavy (non-hydrogen) atoms. The lowest BCUT2D eigenvalue weighted by atomic mass is 10.4. The Hall–Kier alpha value is -0.960. The molecule has 8 heteroatoms. The average molecular weight is 317 g/mol. The van der Waals surface area contributed by atoms with E-state index in [0.717, 1.165) is 25.9 Å². The summed E-state index contributed by atoms with van der Waals surface area (Å²) in [6.45, 7) is 5.57. The first-order chi connectivity index (χ1) is 10.1. The highest BCUT2D eigenvalue weighted by Gasteiger charge is 2.15. The molecule has 0 spiro atoms. The van der Waals surface area contributed by atoms with E-state index in [4.69, 9.17) is 0 Å². The summed E-state index contributed by atoms with van der Waals surface area (Å²) in [5.74, 6) is 0.